The lowest BCUT2D eigenvalue weighted by atomic mass is 9.74. The lowest BCUT2D eigenvalue weighted by molar-refractivity contribution is -0.140. The van der Waals surface area contributed by atoms with Crippen molar-refractivity contribution in [2.24, 2.45) is 11.3 Å². The van der Waals surface area contributed by atoms with Crippen molar-refractivity contribution in [2.75, 3.05) is 17.3 Å². The molecule has 2 aliphatic carbocycles. The predicted molar refractivity (Wildman–Crippen MR) is 121 cm³/mol. The minimum Gasteiger partial charge on any atom is -0.481 e. The number of nitrogens with one attached hydrogen (secondary N) is 1. The van der Waals surface area contributed by atoms with Gasteiger partial charge in [-0.1, -0.05) is 32.0 Å². The molecule has 0 aliphatic heterocycles. The molecule has 4 rings (SSSR count). The Morgan fingerprint density at radius 2 is 1.88 bits per heavy atom. The molecule has 0 bridgehead atoms. The summed E-state index contributed by atoms with van der Waals surface area (Å²) in [6.45, 7) is 0.892. The molecule has 1 spiro atoms. The van der Waals surface area contributed by atoms with Crippen LogP contribution in [-0.2, 0) is 4.79 Å². The van der Waals surface area contributed by atoms with Crippen molar-refractivity contribution in [3.63, 3.8) is 0 Å². The molecule has 2 N–H and O–H groups in total. The van der Waals surface area contributed by atoms with Crippen molar-refractivity contribution < 1.29 is 33.0 Å². The zero-order valence-electron chi connectivity index (χ0n) is 19.1. The van der Waals surface area contributed by atoms with Crippen LogP contribution in [0.4, 0.5) is 25.0 Å². The van der Waals surface area contributed by atoms with Crippen LogP contribution >= 0.6 is 0 Å². The summed E-state index contributed by atoms with van der Waals surface area (Å²) in [6, 6.07) is 9.55. The number of benzene rings is 1. The number of ether oxygens (including phenoxy) is 2. The largest absolute Gasteiger partial charge is 0.481 e. The first-order valence-corrected chi connectivity index (χ1v) is 11.1. The second-order valence-electron chi connectivity index (χ2n) is 9.12. The smallest absolute Gasteiger partial charge is 0.388 e. The average molecular weight is 475 g/mol. The van der Waals surface area contributed by atoms with Crippen LogP contribution in [0.5, 0.6) is 11.8 Å². The van der Waals surface area contributed by atoms with Crippen LogP contribution in [0.1, 0.15) is 44.6 Å². The molecule has 2 aromatic rings. The van der Waals surface area contributed by atoms with Crippen molar-refractivity contribution >= 4 is 23.4 Å². The van der Waals surface area contributed by atoms with Crippen LogP contribution in [0, 0.1) is 11.3 Å². The number of hydrogen-bond donors (Lipinski definition) is 2. The fourth-order valence-electron chi connectivity index (χ4n) is 4.86. The van der Waals surface area contributed by atoms with Gasteiger partial charge in [-0.15, -0.1) is 0 Å². The number of carbonyl (C=O) groups is 2. The summed E-state index contributed by atoms with van der Waals surface area (Å²) in [7, 11) is 1.34. The number of pyridine rings is 1. The number of rotatable bonds is 8. The zero-order valence-corrected chi connectivity index (χ0v) is 19.1. The highest BCUT2D eigenvalue weighted by atomic mass is 19.3. The quantitative estimate of drug-likeness (QED) is 0.551. The van der Waals surface area contributed by atoms with E-state index in [0.29, 0.717) is 24.9 Å². The maximum atomic E-state index is 13.6. The Labute approximate surface area is 195 Å². The van der Waals surface area contributed by atoms with Crippen LogP contribution in [-0.4, -0.2) is 41.9 Å². The Kier molecular flexibility index (Phi) is 6.33. The fraction of sp³-hybridized carbons (Fsp3) is 0.458. The van der Waals surface area contributed by atoms with Crippen LogP contribution in [0.25, 0.3) is 0 Å². The van der Waals surface area contributed by atoms with E-state index < -0.39 is 24.5 Å². The van der Waals surface area contributed by atoms with E-state index in [1.54, 1.807) is 4.90 Å². The Hall–Kier alpha value is -3.43. The third-order valence-electron chi connectivity index (χ3n) is 6.66. The molecule has 1 heterocycles. The summed E-state index contributed by atoms with van der Waals surface area (Å²) in [6.07, 6.45) is 1.73. The molecule has 34 heavy (non-hydrogen) atoms. The van der Waals surface area contributed by atoms with E-state index in [9.17, 15) is 23.5 Å². The Balaban J connectivity index is 1.64. The number of aliphatic carboxylic acids is 1. The molecule has 1 aromatic carbocycles. The molecule has 10 heteroatoms. The predicted octanol–water partition coefficient (Wildman–Crippen LogP) is 5.11. The van der Waals surface area contributed by atoms with E-state index in [1.807, 2.05) is 38.1 Å². The van der Waals surface area contributed by atoms with Gasteiger partial charge in [-0.3, -0.25) is 9.69 Å². The van der Waals surface area contributed by atoms with Gasteiger partial charge in [0.1, 0.15) is 5.69 Å². The Morgan fingerprint density at radius 1 is 1.18 bits per heavy atom. The maximum Gasteiger partial charge on any atom is 0.388 e. The molecule has 2 amide bonds. The lowest BCUT2D eigenvalue weighted by Crippen LogP contribution is -2.51. The molecule has 0 saturated heterocycles. The molecule has 182 valence electrons. The van der Waals surface area contributed by atoms with Crippen molar-refractivity contribution in [1.82, 2.24) is 4.98 Å². The molecule has 1 unspecified atom stereocenters. The number of halogens is 2. The third kappa shape index (κ3) is 4.49. The SMILES string of the molecule is COc1ccc(NC(=O)N(c2ccccc2C(C)C)C2CC3(C2)CC3C(=O)O)c(OC(F)F)n1. The number of anilines is 2. The molecule has 8 nitrogen and oxygen atoms in total. The number of nitrogens with zero attached hydrogens (tertiary/aromatic N) is 2. The summed E-state index contributed by atoms with van der Waals surface area (Å²) < 4.78 is 35.4. The van der Waals surface area contributed by atoms with Gasteiger partial charge in [-0.25, -0.2) is 4.79 Å². The molecular formula is C24H27F2N3O5. The Bertz CT molecular complexity index is 1090. The van der Waals surface area contributed by atoms with Crippen molar-refractivity contribution in [1.29, 1.82) is 0 Å². The number of carboxylic acid groups (broad SMARTS) is 1. The standard InChI is InChI=1S/C24H27F2N3O5/c1-13(2)15-6-4-5-7-18(15)29(14-10-24(11-14)12-16(24)21(30)31)23(32)27-17-8-9-19(33-3)28-20(17)34-22(25)26/h4-9,13-14,16,22H,10-12H2,1-3H3,(H,27,32)(H,30,31). The van der Waals surface area contributed by atoms with Gasteiger partial charge in [-0.2, -0.15) is 13.8 Å². The van der Waals surface area contributed by atoms with Gasteiger partial charge < -0.3 is 19.9 Å². The summed E-state index contributed by atoms with van der Waals surface area (Å²) in [5.41, 5.74) is 1.34. The van der Waals surface area contributed by atoms with E-state index >= 15 is 0 Å². The van der Waals surface area contributed by atoms with Crippen LogP contribution in [0.2, 0.25) is 0 Å². The van der Waals surface area contributed by atoms with Crippen molar-refractivity contribution in [3.05, 3.63) is 42.0 Å². The summed E-state index contributed by atoms with van der Waals surface area (Å²) in [4.78, 5) is 30.5. The number of amides is 2. The van der Waals surface area contributed by atoms with E-state index in [4.69, 9.17) is 4.74 Å². The summed E-state index contributed by atoms with van der Waals surface area (Å²) >= 11 is 0. The minimum atomic E-state index is -3.14. The number of carbonyl (C=O) groups excluding carboxylic acids is 1. The number of aromatic nitrogens is 1. The number of methoxy groups -OCH3 is 1. The van der Waals surface area contributed by atoms with Crippen LogP contribution in [0.15, 0.2) is 36.4 Å². The second kappa shape index (κ2) is 9.08. The number of para-hydroxylation sites is 1. The third-order valence-corrected chi connectivity index (χ3v) is 6.66. The fourth-order valence-corrected chi connectivity index (χ4v) is 4.86. The highest BCUT2D eigenvalue weighted by molar-refractivity contribution is 6.03. The van der Waals surface area contributed by atoms with E-state index in [-0.39, 0.29) is 34.9 Å². The number of carboxylic acids is 1. The summed E-state index contributed by atoms with van der Waals surface area (Å²) in [5.74, 6) is -1.47. The average Bonchev–Trinajstić information content (AvgIpc) is 3.51. The molecule has 2 fully saturated rings. The van der Waals surface area contributed by atoms with Crippen LogP contribution < -0.4 is 19.7 Å². The normalized spacial score (nSPS) is 22.9. The number of alkyl halides is 2. The van der Waals surface area contributed by atoms with Gasteiger partial charge >= 0.3 is 18.6 Å². The van der Waals surface area contributed by atoms with Gasteiger partial charge in [0.25, 0.3) is 0 Å². The van der Waals surface area contributed by atoms with Gasteiger partial charge in [0, 0.05) is 17.8 Å². The van der Waals surface area contributed by atoms with Gasteiger partial charge in [0.05, 0.1) is 13.0 Å². The summed E-state index contributed by atoms with van der Waals surface area (Å²) in [5, 5.41) is 12.0. The molecule has 2 aliphatic rings. The van der Waals surface area contributed by atoms with E-state index in [0.717, 1.165) is 5.56 Å². The highest BCUT2D eigenvalue weighted by Gasteiger charge is 2.66. The molecule has 0 radical (unpaired) electrons. The van der Waals surface area contributed by atoms with E-state index in [1.165, 1.54) is 19.2 Å². The lowest BCUT2D eigenvalue weighted by Gasteiger charge is -2.44. The van der Waals surface area contributed by atoms with Crippen LogP contribution in [0.3, 0.4) is 0 Å². The topological polar surface area (TPSA) is 101 Å². The van der Waals surface area contributed by atoms with Crippen molar-refractivity contribution in [2.45, 2.75) is 51.7 Å². The molecule has 1 aromatic heterocycles. The van der Waals surface area contributed by atoms with Gasteiger partial charge in [0.15, 0.2) is 0 Å². The number of urea groups is 1. The van der Waals surface area contributed by atoms with Gasteiger partial charge in [0.2, 0.25) is 11.8 Å². The second-order valence-corrected chi connectivity index (χ2v) is 9.12. The maximum absolute atomic E-state index is 13.6. The Morgan fingerprint density at radius 3 is 2.47 bits per heavy atom. The first kappa shape index (κ1) is 23.7. The van der Waals surface area contributed by atoms with E-state index in [2.05, 4.69) is 15.0 Å². The first-order chi connectivity index (χ1) is 16.1. The molecule has 1 atom stereocenters. The minimum absolute atomic E-state index is 0.0259. The monoisotopic (exact) mass is 475 g/mol. The highest BCUT2D eigenvalue weighted by Crippen LogP contribution is 2.66. The molecular weight excluding hydrogens is 448 g/mol. The zero-order chi connectivity index (χ0) is 24.6. The molecule has 2 saturated carbocycles. The van der Waals surface area contributed by atoms with Gasteiger partial charge in [-0.05, 0) is 48.3 Å². The first-order valence-electron chi connectivity index (χ1n) is 11.1. The number of hydrogen-bond acceptors (Lipinski definition) is 5. The van der Waals surface area contributed by atoms with Crippen molar-refractivity contribution in [3.8, 4) is 11.8 Å².